The van der Waals surface area contributed by atoms with E-state index in [4.69, 9.17) is 5.73 Å². The lowest BCUT2D eigenvalue weighted by atomic mass is 10.0. The number of anilines is 2. The van der Waals surface area contributed by atoms with Crippen molar-refractivity contribution in [2.24, 2.45) is 5.73 Å². The summed E-state index contributed by atoms with van der Waals surface area (Å²) in [6.45, 7) is 3.83. The summed E-state index contributed by atoms with van der Waals surface area (Å²) in [7, 11) is 0. The van der Waals surface area contributed by atoms with Gasteiger partial charge in [0.1, 0.15) is 29.4 Å². The molecule has 0 spiro atoms. The topological polar surface area (TPSA) is 80.0 Å². The smallest absolute Gasteiger partial charge is 0.266 e. The summed E-state index contributed by atoms with van der Waals surface area (Å²) in [6.07, 6.45) is -2.49. The highest BCUT2D eigenvalue weighted by Crippen LogP contribution is 2.31. The second-order valence-electron chi connectivity index (χ2n) is 7.68. The molecule has 1 aromatic carbocycles. The Balaban J connectivity index is 0.00000289. The van der Waals surface area contributed by atoms with Crippen LogP contribution in [0, 0.1) is 12.7 Å². The van der Waals surface area contributed by atoms with Crippen LogP contribution in [0.25, 0.3) is 10.9 Å². The Bertz CT molecular complexity index is 1110. The SMILES string of the molecule is Cc1nc(N[C@H](C)c2cccc(C(F)F)c2F)c2cc(N3C[C@@H](N)[C@@H](F)C3)ncc2n1.Cl. The summed E-state index contributed by atoms with van der Waals surface area (Å²) < 4.78 is 54.6. The molecule has 0 aliphatic carbocycles. The van der Waals surface area contributed by atoms with E-state index in [9.17, 15) is 17.6 Å². The van der Waals surface area contributed by atoms with Crippen LogP contribution in [0.4, 0.5) is 29.2 Å². The summed E-state index contributed by atoms with van der Waals surface area (Å²) >= 11 is 0. The molecule has 3 aromatic rings. The van der Waals surface area contributed by atoms with Crippen LogP contribution in [0.15, 0.2) is 30.5 Å². The number of halogens is 5. The van der Waals surface area contributed by atoms with E-state index >= 15 is 0 Å². The number of nitrogens with one attached hydrogen (secondary N) is 1. The largest absolute Gasteiger partial charge is 0.363 e. The predicted octanol–water partition coefficient (Wildman–Crippen LogP) is 4.49. The molecule has 0 amide bonds. The molecule has 32 heavy (non-hydrogen) atoms. The molecule has 0 radical (unpaired) electrons. The fourth-order valence-electron chi connectivity index (χ4n) is 3.75. The first-order valence-corrected chi connectivity index (χ1v) is 9.86. The summed E-state index contributed by atoms with van der Waals surface area (Å²) in [5, 5.41) is 3.70. The highest BCUT2D eigenvalue weighted by atomic mass is 35.5. The number of pyridine rings is 1. The van der Waals surface area contributed by atoms with Crippen molar-refractivity contribution >= 4 is 34.9 Å². The monoisotopic (exact) mass is 470 g/mol. The van der Waals surface area contributed by atoms with E-state index in [0.29, 0.717) is 34.9 Å². The number of benzene rings is 1. The minimum absolute atomic E-state index is 0. The van der Waals surface area contributed by atoms with Crippen LogP contribution in [-0.4, -0.2) is 40.3 Å². The number of aromatic nitrogens is 3. The van der Waals surface area contributed by atoms with E-state index in [0.717, 1.165) is 6.07 Å². The zero-order valence-corrected chi connectivity index (χ0v) is 18.2. The van der Waals surface area contributed by atoms with Crippen LogP contribution < -0.4 is 16.0 Å². The minimum atomic E-state index is -2.91. The van der Waals surface area contributed by atoms with Gasteiger partial charge in [0.05, 0.1) is 35.9 Å². The van der Waals surface area contributed by atoms with E-state index in [1.807, 2.05) is 0 Å². The summed E-state index contributed by atoms with van der Waals surface area (Å²) in [5.41, 5.74) is 5.78. The van der Waals surface area contributed by atoms with Gasteiger partial charge in [-0.15, -0.1) is 12.4 Å². The Morgan fingerprint density at radius 2 is 1.91 bits per heavy atom. The minimum Gasteiger partial charge on any atom is -0.363 e. The third-order valence-electron chi connectivity index (χ3n) is 5.41. The number of rotatable bonds is 5. The molecule has 172 valence electrons. The molecule has 1 aliphatic heterocycles. The Morgan fingerprint density at radius 1 is 1.19 bits per heavy atom. The van der Waals surface area contributed by atoms with Crippen LogP contribution in [0.1, 0.15) is 36.3 Å². The molecule has 0 bridgehead atoms. The van der Waals surface area contributed by atoms with E-state index < -0.39 is 36.1 Å². The summed E-state index contributed by atoms with van der Waals surface area (Å²) in [6, 6.07) is 4.40. The van der Waals surface area contributed by atoms with Crippen LogP contribution in [-0.2, 0) is 0 Å². The van der Waals surface area contributed by atoms with Crippen LogP contribution in [0.3, 0.4) is 0 Å². The molecule has 1 aliphatic rings. The fraction of sp³-hybridized carbons (Fsp3) is 0.381. The number of aryl methyl sites for hydroxylation is 1. The van der Waals surface area contributed by atoms with Gasteiger partial charge in [-0.25, -0.2) is 32.5 Å². The van der Waals surface area contributed by atoms with Gasteiger partial charge < -0.3 is 16.0 Å². The van der Waals surface area contributed by atoms with E-state index in [1.54, 1.807) is 31.0 Å². The maximum Gasteiger partial charge on any atom is 0.266 e. The van der Waals surface area contributed by atoms with Crippen molar-refractivity contribution in [1.82, 2.24) is 15.0 Å². The number of hydrogen-bond donors (Lipinski definition) is 2. The van der Waals surface area contributed by atoms with Gasteiger partial charge >= 0.3 is 0 Å². The average molecular weight is 471 g/mol. The second kappa shape index (κ2) is 9.41. The molecule has 11 heteroatoms. The van der Waals surface area contributed by atoms with E-state index in [2.05, 4.69) is 20.3 Å². The van der Waals surface area contributed by atoms with Crippen molar-refractivity contribution in [3.05, 3.63) is 53.2 Å². The van der Waals surface area contributed by atoms with Gasteiger partial charge in [0.2, 0.25) is 0 Å². The number of nitrogens with two attached hydrogens (primary N) is 1. The Labute approximate surface area is 188 Å². The van der Waals surface area contributed by atoms with Gasteiger partial charge in [-0.05, 0) is 19.9 Å². The lowest BCUT2D eigenvalue weighted by Crippen LogP contribution is -2.30. The molecule has 0 saturated carbocycles. The molecule has 6 nitrogen and oxygen atoms in total. The first kappa shape index (κ1) is 23.9. The highest BCUT2D eigenvalue weighted by Gasteiger charge is 2.31. The van der Waals surface area contributed by atoms with Crippen molar-refractivity contribution in [2.45, 2.75) is 38.5 Å². The summed E-state index contributed by atoms with van der Waals surface area (Å²) in [5.74, 6) is 0.443. The maximum atomic E-state index is 14.6. The van der Waals surface area contributed by atoms with Crippen molar-refractivity contribution in [3.8, 4) is 0 Å². The van der Waals surface area contributed by atoms with Crippen LogP contribution in [0.5, 0.6) is 0 Å². The molecule has 1 saturated heterocycles. The third-order valence-corrected chi connectivity index (χ3v) is 5.41. The van der Waals surface area contributed by atoms with E-state index in [1.165, 1.54) is 12.1 Å². The second-order valence-corrected chi connectivity index (χ2v) is 7.68. The summed E-state index contributed by atoms with van der Waals surface area (Å²) in [4.78, 5) is 14.9. The van der Waals surface area contributed by atoms with Gasteiger partial charge in [0.25, 0.3) is 6.43 Å². The first-order valence-electron chi connectivity index (χ1n) is 9.86. The van der Waals surface area contributed by atoms with Gasteiger partial charge in [-0.3, -0.25) is 0 Å². The molecule has 1 fully saturated rings. The zero-order valence-electron chi connectivity index (χ0n) is 17.4. The lowest BCUT2D eigenvalue weighted by Gasteiger charge is -2.20. The van der Waals surface area contributed by atoms with Crippen LogP contribution in [0.2, 0.25) is 0 Å². The van der Waals surface area contributed by atoms with Crippen molar-refractivity contribution in [3.63, 3.8) is 0 Å². The van der Waals surface area contributed by atoms with Gasteiger partial charge in [-0.1, -0.05) is 18.2 Å². The normalized spacial score (nSPS) is 19.3. The molecule has 3 atom stereocenters. The molecule has 4 rings (SSSR count). The van der Waals surface area contributed by atoms with Gasteiger partial charge in [-0.2, -0.15) is 0 Å². The highest BCUT2D eigenvalue weighted by molar-refractivity contribution is 5.90. The Kier molecular flexibility index (Phi) is 7.04. The fourth-order valence-corrected chi connectivity index (χ4v) is 3.75. The van der Waals surface area contributed by atoms with Gasteiger partial charge in [0, 0.05) is 17.5 Å². The molecular weight excluding hydrogens is 448 g/mol. The number of hydrogen-bond acceptors (Lipinski definition) is 6. The van der Waals surface area contributed by atoms with E-state index in [-0.39, 0.29) is 24.5 Å². The van der Waals surface area contributed by atoms with Crippen molar-refractivity contribution < 1.29 is 17.6 Å². The van der Waals surface area contributed by atoms with Crippen molar-refractivity contribution in [1.29, 1.82) is 0 Å². The quantitative estimate of drug-likeness (QED) is 0.535. The van der Waals surface area contributed by atoms with Gasteiger partial charge in [0.15, 0.2) is 0 Å². The lowest BCUT2D eigenvalue weighted by molar-refractivity contribution is 0.146. The van der Waals surface area contributed by atoms with Crippen molar-refractivity contribution in [2.75, 3.05) is 23.3 Å². The Morgan fingerprint density at radius 3 is 2.56 bits per heavy atom. The third kappa shape index (κ3) is 4.56. The molecule has 3 heterocycles. The zero-order chi connectivity index (χ0) is 22.3. The number of fused-ring (bicyclic) bond motifs is 1. The van der Waals surface area contributed by atoms with Crippen LogP contribution >= 0.6 is 12.4 Å². The molecule has 2 aromatic heterocycles. The maximum absolute atomic E-state index is 14.6. The first-order chi connectivity index (χ1) is 14.7. The predicted molar refractivity (Wildman–Crippen MR) is 118 cm³/mol. The number of alkyl halides is 3. The standard InChI is InChI=1S/C21H22F4N6.ClH/c1-10(12-4-3-5-13(19(12)23)20(24)25)28-21-14-6-18(31-8-15(22)16(26)9-31)27-7-17(14)29-11(2)30-21;/h3-7,10,15-16,20H,8-9,26H2,1-2H3,(H,28,29,30);1H/t10-,15+,16-;/m1./s1. The molecule has 3 N–H and O–H groups in total. The molecular formula is C21H23ClF4N6. The Hall–Kier alpha value is -2.72. The average Bonchev–Trinajstić information content (AvgIpc) is 3.06. The molecule has 0 unspecified atom stereocenters. The number of nitrogens with zero attached hydrogens (tertiary/aromatic N) is 4.